The number of halogens is 1. The van der Waals surface area contributed by atoms with Gasteiger partial charge in [0.25, 0.3) is 0 Å². The first kappa shape index (κ1) is 12.1. The van der Waals surface area contributed by atoms with Gasteiger partial charge in [-0.05, 0) is 17.7 Å². The molecule has 94 valence electrons. The Labute approximate surface area is 119 Å². The van der Waals surface area contributed by atoms with Gasteiger partial charge >= 0.3 is 0 Å². The first-order valence-corrected chi connectivity index (χ1v) is 6.73. The Kier molecular flexibility index (Phi) is 3.42. The lowest BCUT2D eigenvalue weighted by molar-refractivity contribution is 0.385. The molecule has 0 unspecified atom stereocenters. The van der Waals surface area contributed by atoms with E-state index in [0.717, 1.165) is 15.6 Å². The molecule has 0 spiro atoms. The first-order valence-electron chi connectivity index (χ1n) is 5.94. The van der Waals surface area contributed by atoms with Crippen molar-refractivity contribution < 1.29 is 4.52 Å². The van der Waals surface area contributed by atoms with Crippen LogP contribution in [0.3, 0.4) is 0 Å². The van der Waals surface area contributed by atoms with E-state index < -0.39 is 0 Å². The van der Waals surface area contributed by atoms with Crippen LogP contribution < -0.4 is 0 Å². The molecule has 0 aliphatic rings. The molecule has 0 saturated carbocycles. The highest BCUT2D eigenvalue weighted by Gasteiger charge is 2.09. The molecule has 0 radical (unpaired) electrons. The van der Waals surface area contributed by atoms with Crippen LogP contribution >= 0.6 is 15.9 Å². The van der Waals surface area contributed by atoms with E-state index in [0.29, 0.717) is 18.1 Å². The van der Waals surface area contributed by atoms with Crippen LogP contribution in [0.1, 0.15) is 11.5 Å². The van der Waals surface area contributed by atoms with Gasteiger partial charge in [-0.15, -0.1) is 0 Å². The number of hydrogen-bond acceptors (Lipinski definition) is 3. The van der Waals surface area contributed by atoms with Gasteiger partial charge in [0.15, 0.2) is 0 Å². The second-order valence-electron chi connectivity index (χ2n) is 4.18. The average molecular weight is 315 g/mol. The molecule has 0 N–H and O–H groups in total. The van der Waals surface area contributed by atoms with Gasteiger partial charge in [0.2, 0.25) is 11.7 Å². The Morgan fingerprint density at radius 3 is 2.63 bits per heavy atom. The van der Waals surface area contributed by atoms with E-state index >= 15 is 0 Å². The highest BCUT2D eigenvalue weighted by Crippen LogP contribution is 2.20. The van der Waals surface area contributed by atoms with Crippen molar-refractivity contribution in [2.24, 2.45) is 0 Å². The summed E-state index contributed by atoms with van der Waals surface area (Å²) in [5, 5.41) is 4.02. The van der Waals surface area contributed by atoms with E-state index in [1.165, 1.54) is 0 Å². The van der Waals surface area contributed by atoms with Crippen LogP contribution in [0.5, 0.6) is 0 Å². The van der Waals surface area contributed by atoms with Crippen LogP contribution in [0.2, 0.25) is 0 Å². The van der Waals surface area contributed by atoms with Crippen molar-refractivity contribution in [3.8, 4) is 11.4 Å². The predicted octanol–water partition coefficient (Wildman–Crippen LogP) is 4.09. The third-order valence-corrected chi connectivity index (χ3v) is 3.24. The maximum Gasteiger partial charge on any atom is 0.231 e. The van der Waals surface area contributed by atoms with Gasteiger partial charge in [-0.2, -0.15) is 4.98 Å². The average Bonchev–Trinajstić information content (AvgIpc) is 2.88. The third kappa shape index (κ3) is 2.90. The lowest BCUT2D eigenvalue weighted by atomic mass is 10.1. The second-order valence-corrected chi connectivity index (χ2v) is 5.10. The molecular formula is C15H11BrN2O. The zero-order valence-electron chi connectivity index (χ0n) is 10.1. The Balaban J connectivity index is 1.84. The summed E-state index contributed by atoms with van der Waals surface area (Å²) < 4.78 is 6.29. The summed E-state index contributed by atoms with van der Waals surface area (Å²) in [6, 6.07) is 17.9. The van der Waals surface area contributed by atoms with Crippen molar-refractivity contribution in [2.75, 3.05) is 0 Å². The molecular weight excluding hydrogens is 304 g/mol. The van der Waals surface area contributed by atoms with E-state index in [4.69, 9.17) is 4.52 Å². The molecule has 1 heterocycles. The Hall–Kier alpha value is -1.94. The standard InChI is InChI=1S/C15H11BrN2O/c16-13-8-4-7-12(10-13)15-17-14(19-18-15)9-11-5-2-1-3-6-11/h1-8,10H,9H2. The predicted molar refractivity (Wildman–Crippen MR) is 76.7 cm³/mol. The quantitative estimate of drug-likeness (QED) is 0.731. The molecule has 0 amide bonds. The van der Waals surface area contributed by atoms with Crippen molar-refractivity contribution in [1.29, 1.82) is 0 Å². The molecule has 3 rings (SSSR count). The smallest absolute Gasteiger partial charge is 0.231 e. The summed E-state index contributed by atoms with van der Waals surface area (Å²) in [4.78, 5) is 4.42. The zero-order valence-corrected chi connectivity index (χ0v) is 11.7. The lowest BCUT2D eigenvalue weighted by Gasteiger charge is -1.95. The summed E-state index contributed by atoms with van der Waals surface area (Å²) in [6.45, 7) is 0. The fraction of sp³-hybridized carbons (Fsp3) is 0.0667. The maximum absolute atomic E-state index is 5.29. The normalized spacial score (nSPS) is 10.6. The van der Waals surface area contributed by atoms with E-state index in [1.54, 1.807) is 0 Å². The molecule has 1 aromatic heterocycles. The molecule has 0 fully saturated rings. The maximum atomic E-state index is 5.29. The second kappa shape index (κ2) is 5.36. The number of nitrogens with zero attached hydrogens (tertiary/aromatic N) is 2. The molecule has 0 aliphatic carbocycles. The van der Waals surface area contributed by atoms with Crippen LogP contribution in [0.4, 0.5) is 0 Å². The molecule has 3 aromatic rings. The summed E-state index contributed by atoms with van der Waals surface area (Å²) in [6.07, 6.45) is 0.655. The topological polar surface area (TPSA) is 38.9 Å². The highest BCUT2D eigenvalue weighted by atomic mass is 79.9. The van der Waals surface area contributed by atoms with E-state index in [1.807, 2.05) is 54.6 Å². The molecule has 4 heteroatoms. The fourth-order valence-electron chi connectivity index (χ4n) is 1.84. The largest absolute Gasteiger partial charge is 0.339 e. The van der Waals surface area contributed by atoms with Crippen LogP contribution in [0.25, 0.3) is 11.4 Å². The summed E-state index contributed by atoms with van der Waals surface area (Å²) in [5.74, 6) is 1.24. The van der Waals surface area contributed by atoms with Gasteiger partial charge in [-0.3, -0.25) is 0 Å². The Bertz CT molecular complexity index is 679. The third-order valence-electron chi connectivity index (χ3n) is 2.75. The van der Waals surface area contributed by atoms with E-state index in [9.17, 15) is 0 Å². The van der Waals surface area contributed by atoms with Crippen molar-refractivity contribution in [3.63, 3.8) is 0 Å². The van der Waals surface area contributed by atoms with E-state index in [-0.39, 0.29) is 0 Å². The first-order chi connectivity index (χ1) is 9.31. The molecule has 0 bridgehead atoms. The van der Waals surface area contributed by atoms with Crippen molar-refractivity contribution in [2.45, 2.75) is 6.42 Å². The van der Waals surface area contributed by atoms with Crippen LogP contribution in [0.15, 0.2) is 63.6 Å². The molecule has 2 aromatic carbocycles. The minimum atomic E-state index is 0.618. The van der Waals surface area contributed by atoms with Gasteiger partial charge in [0.05, 0.1) is 6.42 Å². The number of aromatic nitrogens is 2. The SMILES string of the molecule is Brc1cccc(-c2noc(Cc3ccccc3)n2)c1. The lowest BCUT2D eigenvalue weighted by Crippen LogP contribution is -1.87. The van der Waals surface area contributed by atoms with Crippen LogP contribution in [0, 0.1) is 0 Å². The van der Waals surface area contributed by atoms with Crippen LogP contribution in [-0.4, -0.2) is 10.1 Å². The molecule has 0 atom stereocenters. The zero-order chi connectivity index (χ0) is 13.1. The summed E-state index contributed by atoms with van der Waals surface area (Å²) in [5.41, 5.74) is 2.10. The molecule has 0 aliphatic heterocycles. The number of hydrogen-bond donors (Lipinski definition) is 0. The minimum absolute atomic E-state index is 0.618. The number of benzene rings is 2. The minimum Gasteiger partial charge on any atom is -0.339 e. The molecule has 3 nitrogen and oxygen atoms in total. The summed E-state index contributed by atoms with van der Waals surface area (Å²) >= 11 is 3.43. The van der Waals surface area contributed by atoms with Crippen molar-refractivity contribution >= 4 is 15.9 Å². The summed E-state index contributed by atoms with van der Waals surface area (Å²) in [7, 11) is 0. The van der Waals surface area contributed by atoms with Gasteiger partial charge in [0, 0.05) is 10.0 Å². The van der Waals surface area contributed by atoms with Crippen molar-refractivity contribution in [1.82, 2.24) is 10.1 Å². The van der Waals surface area contributed by atoms with Gasteiger partial charge < -0.3 is 4.52 Å². The van der Waals surface area contributed by atoms with Gasteiger partial charge in [-0.1, -0.05) is 63.6 Å². The van der Waals surface area contributed by atoms with Crippen molar-refractivity contribution in [3.05, 3.63) is 70.5 Å². The highest BCUT2D eigenvalue weighted by molar-refractivity contribution is 9.10. The molecule has 0 saturated heterocycles. The monoisotopic (exact) mass is 314 g/mol. The van der Waals surface area contributed by atoms with Crippen LogP contribution in [-0.2, 0) is 6.42 Å². The van der Waals surface area contributed by atoms with Gasteiger partial charge in [-0.25, -0.2) is 0 Å². The number of rotatable bonds is 3. The van der Waals surface area contributed by atoms with Gasteiger partial charge in [0.1, 0.15) is 0 Å². The molecule has 19 heavy (non-hydrogen) atoms. The fourth-order valence-corrected chi connectivity index (χ4v) is 2.24. The Morgan fingerprint density at radius 2 is 1.84 bits per heavy atom. The van der Waals surface area contributed by atoms with E-state index in [2.05, 4.69) is 26.1 Å². The Morgan fingerprint density at radius 1 is 1.00 bits per heavy atom.